The summed E-state index contributed by atoms with van der Waals surface area (Å²) >= 11 is 0. The lowest BCUT2D eigenvalue weighted by atomic mass is 9.93. The molecule has 182 valence electrons. The van der Waals surface area contributed by atoms with Gasteiger partial charge in [-0.3, -0.25) is 9.59 Å². The van der Waals surface area contributed by atoms with Crippen molar-refractivity contribution in [2.45, 2.75) is 32.7 Å². The van der Waals surface area contributed by atoms with Crippen molar-refractivity contribution in [1.82, 2.24) is 19.6 Å². The van der Waals surface area contributed by atoms with Gasteiger partial charge < -0.3 is 14.9 Å². The summed E-state index contributed by atoms with van der Waals surface area (Å²) in [5.74, 6) is -1.12. The van der Waals surface area contributed by atoms with Crippen molar-refractivity contribution >= 4 is 17.4 Å². The second kappa shape index (κ2) is 9.88. The number of carbonyl (C=O) groups is 2. The molecule has 1 aliphatic rings. The van der Waals surface area contributed by atoms with E-state index in [2.05, 4.69) is 18.9 Å². The van der Waals surface area contributed by atoms with E-state index in [1.807, 2.05) is 80.5 Å². The number of Topliss-reactive ketones (excluding diaryl/α,β-unsaturated/α-hetero) is 1. The SMILES string of the molecule is Cc1c(/C(O)=C2\C(=O)C(=O)N(CCN(C)C)[C@@H]2c2ccc(C(C)C)cc2)cnn1-c1ccccc1. The minimum absolute atomic E-state index is 0.0989. The number of carbonyl (C=O) groups excluding carboxylic acids is 2. The Morgan fingerprint density at radius 2 is 1.71 bits per heavy atom. The van der Waals surface area contributed by atoms with Gasteiger partial charge in [-0.2, -0.15) is 5.10 Å². The number of amides is 1. The maximum atomic E-state index is 13.3. The molecule has 0 aliphatic carbocycles. The Labute approximate surface area is 206 Å². The van der Waals surface area contributed by atoms with Gasteiger partial charge in [0.2, 0.25) is 0 Å². The summed E-state index contributed by atoms with van der Waals surface area (Å²) in [5, 5.41) is 15.9. The maximum absolute atomic E-state index is 13.3. The Kier molecular flexibility index (Phi) is 6.89. The molecule has 0 saturated carbocycles. The predicted molar refractivity (Wildman–Crippen MR) is 136 cm³/mol. The molecule has 0 bridgehead atoms. The highest BCUT2D eigenvalue weighted by molar-refractivity contribution is 6.46. The summed E-state index contributed by atoms with van der Waals surface area (Å²) in [5.41, 5.74) is 4.02. The molecule has 1 amide bonds. The lowest BCUT2D eigenvalue weighted by molar-refractivity contribution is -0.140. The third kappa shape index (κ3) is 4.64. The lowest BCUT2D eigenvalue weighted by Gasteiger charge is -2.26. The smallest absolute Gasteiger partial charge is 0.295 e. The van der Waals surface area contributed by atoms with Gasteiger partial charge in [-0.1, -0.05) is 56.3 Å². The van der Waals surface area contributed by atoms with E-state index in [9.17, 15) is 14.7 Å². The summed E-state index contributed by atoms with van der Waals surface area (Å²) in [6.07, 6.45) is 1.55. The Bertz CT molecular complexity index is 1260. The highest BCUT2D eigenvalue weighted by atomic mass is 16.3. The number of likely N-dealkylation sites (tertiary alicyclic amines) is 1. The van der Waals surface area contributed by atoms with E-state index >= 15 is 0 Å². The first-order valence-corrected chi connectivity index (χ1v) is 11.8. The topological polar surface area (TPSA) is 78.7 Å². The minimum Gasteiger partial charge on any atom is -0.507 e. The van der Waals surface area contributed by atoms with Crippen LogP contribution in [0.4, 0.5) is 0 Å². The molecular formula is C28H32N4O3. The van der Waals surface area contributed by atoms with Crippen LogP contribution in [0.25, 0.3) is 11.4 Å². The molecule has 1 aromatic heterocycles. The molecule has 0 spiro atoms. The highest BCUT2D eigenvalue weighted by Gasteiger charge is 2.46. The number of ketones is 1. The largest absolute Gasteiger partial charge is 0.507 e. The number of likely N-dealkylation sites (N-methyl/N-ethyl adjacent to an activating group) is 1. The van der Waals surface area contributed by atoms with Crippen molar-refractivity contribution in [1.29, 1.82) is 0 Å². The molecule has 7 heteroatoms. The van der Waals surface area contributed by atoms with Crippen LogP contribution < -0.4 is 0 Å². The molecule has 7 nitrogen and oxygen atoms in total. The molecule has 1 fully saturated rings. The van der Waals surface area contributed by atoms with Gasteiger partial charge in [0, 0.05) is 13.1 Å². The monoisotopic (exact) mass is 472 g/mol. The van der Waals surface area contributed by atoms with E-state index in [0.717, 1.165) is 11.3 Å². The number of aliphatic hydroxyl groups is 1. The molecule has 2 aromatic carbocycles. The molecule has 0 unspecified atom stereocenters. The summed E-state index contributed by atoms with van der Waals surface area (Å²) in [4.78, 5) is 29.9. The standard InChI is InChI=1S/C28H32N4O3/c1-18(2)20-11-13-21(14-12-20)25-24(27(34)28(35)31(25)16-15-30(4)5)26(33)23-17-29-32(19(23)3)22-9-7-6-8-10-22/h6-14,17-18,25,33H,15-16H2,1-5H3/b26-24+/t25-/m1/s1. The quantitative estimate of drug-likeness (QED) is 0.315. The Morgan fingerprint density at radius 3 is 2.31 bits per heavy atom. The van der Waals surface area contributed by atoms with E-state index in [1.165, 1.54) is 5.56 Å². The fourth-order valence-electron chi connectivity index (χ4n) is 4.44. The van der Waals surface area contributed by atoms with E-state index < -0.39 is 17.7 Å². The molecule has 1 atom stereocenters. The third-order valence-corrected chi connectivity index (χ3v) is 6.51. The lowest BCUT2D eigenvalue weighted by Crippen LogP contribution is -2.35. The van der Waals surface area contributed by atoms with Crippen LogP contribution in [-0.2, 0) is 9.59 Å². The number of rotatable bonds is 7. The second-order valence-electron chi connectivity index (χ2n) is 9.51. The number of hydrogen-bond acceptors (Lipinski definition) is 5. The van der Waals surface area contributed by atoms with Gasteiger partial charge in [0.15, 0.2) is 0 Å². The fraction of sp³-hybridized carbons (Fsp3) is 0.321. The van der Waals surface area contributed by atoms with E-state index in [-0.39, 0.29) is 11.3 Å². The maximum Gasteiger partial charge on any atom is 0.295 e. The average Bonchev–Trinajstić information content (AvgIpc) is 3.35. The van der Waals surface area contributed by atoms with E-state index in [0.29, 0.717) is 30.3 Å². The Hall–Kier alpha value is -3.71. The van der Waals surface area contributed by atoms with Crippen molar-refractivity contribution in [2.24, 2.45) is 0 Å². The molecule has 1 saturated heterocycles. The number of para-hydroxylation sites is 1. The molecule has 0 radical (unpaired) electrons. The van der Waals surface area contributed by atoms with Gasteiger partial charge in [0.1, 0.15) is 5.76 Å². The van der Waals surface area contributed by atoms with Crippen LogP contribution >= 0.6 is 0 Å². The van der Waals surface area contributed by atoms with Crippen LogP contribution in [-0.4, -0.2) is 63.6 Å². The second-order valence-corrected chi connectivity index (χ2v) is 9.51. The number of nitrogens with zero attached hydrogens (tertiary/aromatic N) is 4. The summed E-state index contributed by atoms with van der Waals surface area (Å²) in [6, 6.07) is 16.8. The van der Waals surface area contributed by atoms with Crippen molar-refractivity contribution in [3.05, 3.63) is 88.8 Å². The summed E-state index contributed by atoms with van der Waals surface area (Å²) in [7, 11) is 3.84. The zero-order valence-corrected chi connectivity index (χ0v) is 20.9. The number of aromatic nitrogens is 2. The van der Waals surface area contributed by atoms with Crippen LogP contribution in [0.5, 0.6) is 0 Å². The van der Waals surface area contributed by atoms with Crippen LogP contribution in [0.3, 0.4) is 0 Å². The first-order chi connectivity index (χ1) is 16.7. The zero-order chi connectivity index (χ0) is 25.3. The highest BCUT2D eigenvalue weighted by Crippen LogP contribution is 2.40. The van der Waals surface area contributed by atoms with Gasteiger partial charge in [-0.15, -0.1) is 0 Å². The predicted octanol–water partition coefficient (Wildman–Crippen LogP) is 4.29. The van der Waals surface area contributed by atoms with Gasteiger partial charge in [-0.05, 0) is 50.2 Å². The molecule has 3 aromatic rings. The number of aliphatic hydroxyl groups excluding tert-OH is 1. The molecule has 4 rings (SSSR count). The zero-order valence-electron chi connectivity index (χ0n) is 20.9. The summed E-state index contributed by atoms with van der Waals surface area (Å²) < 4.78 is 1.71. The van der Waals surface area contributed by atoms with Crippen molar-refractivity contribution in [2.75, 3.05) is 27.2 Å². The van der Waals surface area contributed by atoms with Gasteiger partial charge >= 0.3 is 0 Å². The number of benzene rings is 2. The van der Waals surface area contributed by atoms with Crippen LogP contribution in [0.2, 0.25) is 0 Å². The molecule has 1 aliphatic heterocycles. The molecule has 35 heavy (non-hydrogen) atoms. The normalized spacial score (nSPS) is 17.7. The summed E-state index contributed by atoms with van der Waals surface area (Å²) in [6.45, 7) is 7.03. The number of hydrogen-bond donors (Lipinski definition) is 1. The Morgan fingerprint density at radius 1 is 1.06 bits per heavy atom. The average molecular weight is 473 g/mol. The first kappa shape index (κ1) is 24.4. The van der Waals surface area contributed by atoms with Crippen molar-refractivity contribution in [3.63, 3.8) is 0 Å². The molecule has 1 N–H and O–H groups in total. The van der Waals surface area contributed by atoms with Gasteiger partial charge in [-0.25, -0.2) is 4.68 Å². The fourth-order valence-corrected chi connectivity index (χ4v) is 4.44. The Balaban J connectivity index is 1.83. The van der Waals surface area contributed by atoms with Crippen LogP contribution in [0.1, 0.15) is 48.2 Å². The van der Waals surface area contributed by atoms with Crippen molar-refractivity contribution < 1.29 is 14.7 Å². The molecule has 2 heterocycles. The third-order valence-electron chi connectivity index (χ3n) is 6.51. The van der Waals surface area contributed by atoms with Crippen LogP contribution in [0, 0.1) is 6.92 Å². The molecular weight excluding hydrogens is 440 g/mol. The van der Waals surface area contributed by atoms with Crippen LogP contribution in [0.15, 0.2) is 66.4 Å². The first-order valence-electron chi connectivity index (χ1n) is 11.8. The minimum atomic E-state index is -0.675. The van der Waals surface area contributed by atoms with E-state index in [4.69, 9.17) is 0 Å². The van der Waals surface area contributed by atoms with Crippen molar-refractivity contribution in [3.8, 4) is 5.69 Å². The van der Waals surface area contributed by atoms with Gasteiger partial charge in [0.05, 0.1) is 34.8 Å². The van der Waals surface area contributed by atoms with E-state index in [1.54, 1.807) is 15.8 Å². The van der Waals surface area contributed by atoms with Gasteiger partial charge in [0.25, 0.3) is 11.7 Å².